The summed E-state index contributed by atoms with van der Waals surface area (Å²) >= 11 is 0. The number of rotatable bonds is 8. The van der Waals surface area contributed by atoms with Gasteiger partial charge in [0.25, 0.3) is 0 Å². The van der Waals surface area contributed by atoms with Gasteiger partial charge in [0.05, 0.1) is 19.4 Å². The molecule has 0 saturated carbocycles. The zero-order valence-electron chi connectivity index (χ0n) is 16.4. The molecule has 1 aliphatic heterocycles. The minimum absolute atomic E-state index is 0.0305. The van der Waals surface area contributed by atoms with Crippen LogP contribution in [0.1, 0.15) is 12.8 Å². The molecular formula is C20H27N5O3. The first kappa shape index (κ1) is 19.9. The Bertz CT molecular complexity index is 778. The summed E-state index contributed by atoms with van der Waals surface area (Å²) in [5.74, 6) is 2.25. The Morgan fingerprint density at radius 1 is 1.21 bits per heavy atom. The minimum atomic E-state index is 0.0305. The third-order valence-corrected chi connectivity index (χ3v) is 4.77. The van der Waals surface area contributed by atoms with Crippen molar-refractivity contribution in [1.29, 1.82) is 0 Å². The molecule has 1 amide bonds. The van der Waals surface area contributed by atoms with Crippen molar-refractivity contribution < 1.29 is 14.3 Å². The molecule has 3 rings (SSSR count). The number of amides is 1. The minimum Gasteiger partial charge on any atom is -0.495 e. The summed E-state index contributed by atoms with van der Waals surface area (Å²) in [5, 5.41) is 6.20. The molecule has 1 aromatic heterocycles. The van der Waals surface area contributed by atoms with Crippen molar-refractivity contribution in [2.24, 2.45) is 5.92 Å². The number of carbonyl (C=O) groups excluding carboxylic acids is 1. The van der Waals surface area contributed by atoms with Gasteiger partial charge in [-0.1, -0.05) is 12.1 Å². The van der Waals surface area contributed by atoms with Crippen LogP contribution in [-0.2, 0) is 9.53 Å². The lowest BCUT2D eigenvalue weighted by Gasteiger charge is -2.31. The summed E-state index contributed by atoms with van der Waals surface area (Å²) in [6.45, 7) is 2.58. The number of benzene rings is 1. The number of carbonyl (C=O) groups is 1. The molecule has 0 spiro atoms. The standard InChI is InChI=1S/C20H27N5O3/c1-27-14-11-21-19(26)15-8-12-25(13-9-15)20-22-10-7-18(24-20)23-16-5-3-4-6-17(16)28-2/h3-7,10,15H,8-9,11-14H2,1-2H3,(H,21,26)(H,22,23,24). The van der Waals surface area contributed by atoms with Crippen LogP contribution in [0.4, 0.5) is 17.5 Å². The van der Waals surface area contributed by atoms with Crippen molar-refractivity contribution in [2.45, 2.75) is 12.8 Å². The summed E-state index contributed by atoms with van der Waals surface area (Å²) < 4.78 is 10.3. The topological polar surface area (TPSA) is 88.6 Å². The molecule has 0 unspecified atom stereocenters. The number of hydrogen-bond acceptors (Lipinski definition) is 7. The van der Waals surface area contributed by atoms with Crippen LogP contribution in [0.25, 0.3) is 0 Å². The van der Waals surface area contributed by atoms with E-state index >= 15 is 0 Å². The van der Waals surface area contributed by atoms with E-state index in [1.54, 1.807) is 20.4 Å². The number of para-hydroxylation sites is 2. The van der Waals surface area contributed by atoms with Crippen molar-refractivity contribution >= 4 is 23.4 Å². The second-order valence-electron chi connectivity index (χ2n) is 6.61. The quantitative estimate of drug-likeness (QED) is 0.674. The first-order valence-corrected chi connectivity index (χ1v) is 9.46. The van der Waals surface area contributed by atoms with E-state index in [1.165, 1.54) is 0 Å². The largest absolute Gasteiger partial charge is 0.495 e. The predicted molar refractivity (Wildman–Crippen MR) is 108 cm³/mol. The summed E-state index contributed by atoms with van der Waals surface area (Å²) in [6.07, 6.45) is 3.31. The average molecular weight is 385 g/mol. The fraction of sp³-hybridized carbons (Fsp3) is 0.450. The number of anilines is 3. The second-order valence-corrected chi connectivity index (χ2v) is 6.61. The number of ether oxygens (including phenoxy) is 2. The van der Waals surface area contributed by atoms with E-state index in [0.717, 1.165) is 37.4 Å². The van der Waals surface area contributed by atoms with Crippen molar-refractivity contribution in [2.75, 3.05) is 50.7 Å². The molecule has 8 nitrogen and oxygen atoms in total. The maximum atomic E-state index is 12.2. The van der Waals surface area contributed by atoms with E-state index < -0.39 is 0 Å². The molecule has 0 bridgehead atoms. The van der Waals surface area contributed by atoms with E-state index in [-0.39, 0.29) is 11.8 Å². The highest BCUT2D eigenvalue weighted by Crippen LogP contribution is 2.27. The predicted octanol–water partition coefficient (Wildman–Crippen LogP) is 2.21. The van der Waals surface area contributed by atoms with Gasteiger partial charge < -0.3 is 25.0 Å². The molecule has 1 saturated heterocycles. The molecular weight excluding hydrogens is 358 g/mol. The molecule has 2 aromatic rings. The number of hydrogen-bond donors (Lipinski definition) is 2. The number of piperidine rings is 1. The Morgan fingerprint density at radius 2 is 2.00 bits per heavy atom. The number of nitrogens with one attached hydrogen (secondary N) is 2. The van der Waals surface area contributed by atoms with Gasteiger partial charge in [-0.15, -0.1) is 0 Å². The van der Waals surface area contributed by atoms with Gasteiger partial charge in [0.15, 0.2) is 0 Å². The normalized spacial score (nSPS) is 14.6. The first-order valence-electron chi connectivity index (χ1n) is 9.46. The Balaban J connectivity index is 1.58. The highest BCUT2D eigenvalue weighted by Gasteiger charge is 2.26. The smallest absolute Gasteiger partial charge is 0.227 e. The van der Waals surface area contributed by atoms with Gasteiger partial charge in [0, 0.05) is 38.9 Å². The molecule has 0 aliphatic carbocycles. The third kappa shape index (κ3) is 5.10. The van der Waals surface area contributed by atoms with Gasteiger partial charge in [0.2, 0.25) is 11.9 Å². The maximum Gasteiger partial charge on any atom is 0.227 e. The molecule has 28 heavy (non-hydrogen) atoms. The number of methoxy groups -OCH3 is 2. The van der Waals surface area contributed by atoms with E-state index in [0.29, 0.717) is 24.9 Å². The third-order valence-electron chi connectivity index (χ3n) is 4.77. The molecule has 8 heteroatoms. The van der Waals surface area contributed by atoms with Crippen LogP contribution >= 0.6 is 0 Å². The van der Waals surface area contributed by atoms with Crippen LogP contribution in [-0.4, -0.2) is 56.3 Å². The van der Waals surface area contributed by atoms with Gasteiger partial charge in [0.1, 0.15) is 11.6 Å². The van der Waals surface area contributed by atoms with Gasteiger partial charge in [-0.05, 0) is 31.0 Å². The number of nitrogens with zero attached hydrogens (tertiary/aromatic N) is 3. The summed E-state index contributed by atoms with van der Waals surface area (Å²) in [7, 11) is 3.27. The lowest BCUT2D eigenvalue weighted by Crippen LogP contribution is -2.41. The van der Waals surface area contributed by atoms with E-state index in [1.807, 2.05) is 30.3 Å². The molecule has 150 valence electrons. The van der Waals surface area contributed by atoms with Gasteiger partial charge in [-0.2, -0.15) is 4.98 Å². The maximum absolute atomic E-state index is 12.2. The molecule has 1 aromatic carbocycles. The Kier molecular flexibility index (Phi) is 7.02. The van der Waals surface area contributed by atoms with Crippen molar-refractivity contribution in [3.63, 3.8) is 0 Å². The van der Waals surface area contributed by atoms with Crippen LogP contribution in [0.15, 0.2) is 36.5 Å². The Morgan fingerprint density at radius 3 is 2.75 bits per heavy atom. The first-order chi connectivity index (χ1) is 13.7. The Labute approximate surface area is 165 Å². The lowest BCUT2D eigenvalue weighted by atomic mass is 9.96. The zero-order chi connectivity index (χ0) is 19.8. The van der Waals surface area contributed by atoms with Crippen LogP contribution in [0.3, 0.4) is 0 Å². The zero-order valence-corrected chi connectivity index (χ0v) is 16.4. The fourth-order valence-electron chi connectivity index (χ4n) is 3.22. The van der Waals surface area contributed by atoms with E-state index in [2.05, 4.69) is 25.5 Å². The fourth-order valence-corrected chi connectivity index (χ4v) is 3.22. The SMILES string of the molecule is COCCNC(=O)C1CCN(c2nccc(Nc3ccccc3OC)n2)CC1. The van der Waals surface area contributed by atoms with E-state index in [4.69, 9.17) is 9.47 Å². The monoisotopic (exact) mass is 385 g/mol. The van der Waals surface area contributed by atoms with Crippen molar-refractivity contribution in [3.8, 4) is 5.75 Å². The van der Waals surface area contributed by atoms with Crippen LogP contribution in [0.2, 0.25) is 0 Å². The van der Waals surface area contributed by atoms with Gasteiger partial charge >= 0.3 is 0 Å². The van der Waals surface area contributed by atoms with Crippen LogP contribution < -0.4 is 20.3 Å². The summed E-state index contributed by atoms with van der Waals surface area (Å²) in [5.41, 5.74) is 0.848. The molecule has 2 N–H and O–H groups in total. The van der Waals surface area contributed by atoms with Crippen molar-refractivity contribution in [1.82, 2.24) is 15.3 Å². The summed E-state index contributed by atoms with van der Waals surface area (Å²) in [4.78, 5) is 23.3. The molecule has 1 fully saturated rings. The average Bonchev–Trinajstić information content (AvgIpc) is 2.74. The summed E-state index contributed by atoms with van der Waals surface area (Å²) in [6, 6.07) is 9.52. The van der Waals surface area contributed by atoms with Crippen LogP contribution in [0.5, 0.6) is 5.75 Å². The molecule has 2 heterocycles. The highest BCUT2D eigenvalue weighted by molar-refractivity contribution is 5.78. The molecule has 1 aliphatic rings. The van der Waals surface area contributed by atoms with Crippen molar-refractivity contribution in [3.05, 3.63) is 36.5 Å². The number of aromatic nitrogens is 2. The lowest BCUT2D eigenvalue weighted by molar-refractivity contribution is -0.125. The highest BCUT2D eigenvalue weighted by atomic mass is 16.5. The van der Waals surface area contributed by atoms with Crippen LogP contribution in [0, 0.1) is 5.92 Å². The molecule has 0 atom stereocenters. The Hall–Kier alpha value is -2.87. The molecule has 0 radical (unpaired) electrons. The van der Waals surface area contributed by atoms with Gasteiger partial charge in [-0.3, -0.25) is 4.79 Å². The second kappa shape index (κ2) is 9.89. The van der Waals surface area contributed by atoms with E-state index in [9.17, 15) is 4.79 Å². The van der Waals surface area contributed by atoms with Gasteiger partial charge in [-0.25, -0.2) is 4.98 Å².